The van der Waals surface area contributed by atoms with Crippen LogP contribution in [0.2, 0.25) is 0 Å². The minimum Gasteiger partial charge on any atom is -0.355 e. The van der Waals surface area contributed by atoms with E-state index in [-0.39, 0.29) is 4.75 Å². The van der Waals surface area contributed by atoms with E-state index in [1.807, 2.05) is 62.8 Å². The molecule has 168 valence electrons. The van der Waals surface area contributed by atoms with E-state index >= 15 is 0 Å². The van der Waals surface area contributed by atoms with Gasteiger partial charge in [0.05, 0.1) is 26.4 Å². The lowest BCUT2D eigenvalue weighted by Crippen LogP contribution is -2.24. The number of rotatable bonds is 3. The Labute approximate surface area is 195 Å². The number of hydrogen-bond donors (Lipinski definition) is 0. The highest BCUT2D eigenvalue weighted by atomic mass is 33.7. The van der Waals surface area contributed by atoms with E-state index < -0.39 is 0 Å². The number of ether oxygens (including phenoxy) is 4. The van der Waals surface area contributed by atoms with E-state index in [2.05, 4.69) is 20.8 Å². The van der Waals surface area contributed by atoms with Crippen LogP contribution in [0.25, 0.3) is 0 Å². The van der Waals surface area contributed by atoms with Gasteiger partial charge in [0.1, 0.15) is 13.6 Å². The summed E-state index contributed by atoms with van der Waals surface area (Å²) >= 11 is 0. The summed E-state index contributed by atoms with van der Waals surface area (Å²) in [5.74, 6) is 1.97. The fourth-order valence-electron chi connectivity index (χ4n) is 2.38. The molecule has 28 heavy (non-hydrogen) atoms. The molecule has 1 unspecified atom stereocenters. The van der Waals surface area contributed by atoms with Gasteiger partial charge in [-0.05, 0) is 51.8 Å². The molecule has 1 heterocycles. The maximum Gasteiger partial charge on any atom is 0.146 e. The summed E-state index contributed by atoms with van der Waals surface area (Å²) in [7, 11) is 11.4. The van der Waals surface area contributed by atoms with E-state index in [1.54, 1.807) is 0 Å². The number of hydrogen-bond acceptors (Lipinski definition) is 10. The van der Waals surface area contributed by atoms with Crippen molar-refractivity contribution in [1.29, 1.82) is 0 Å². The minimum atomic E-state index is 0.279. The van der Waals surface area contributed by atoms with Crippen LogP contribution in [0.15, 0.2) is 0 Å². The molecule has 0 saturated carbocycles. The summed E-state index contributed by atoms with van der Waals surface area (Å²) in [5, 5.41) is 0.622. The molecule has 1 fully saturated rings. The van der Waals surface area contributed by atoms with Crippen molar-refractivity contribution in [1.82, 2.24) is 0 Å². The summed E-state index contributed by atoms with van der Waals surface area (Å²) in [5.41, 5.74) is 0. The van der Waals surface area contributed by atoms with Gasteiger partial charge >= 0.3 is 0 Å². The van der Waals surface area contributed by atoms with Crippen LogP contribution in [0.1, 0.15) is 52.9 Å². The zero-order chi connectivity index (χ0) is 20.3. The third kappa shape index (κ3) is 14.1. The molecule has 0 amide bonds. The van der Waals surface area contributed by atoms with Crippen molar-refractivity contribution in [3.05, 3.63) is 0 Å². The van der Waals surface area contributed by atoms with Gasteiger partial charge in [-0.25, -0.2) is 0 Å². The molecule has 1 aliphatic heterocycles. The second kappa shape index (κ2) is 19.6. The Hall–Kier alpha value is 1.94. The second-order valence-electron chi connectivity index (χ2n) is 6.29. The van der Waals surface area contributed by atoms with E-state index in [4.69, 9.17) is 18.9 Å². The molecular weight excluding hydrogens is 473 g/mol. The normalized spacial score (nSPS) is 26.0. The minimum absolute atomic E-state index is 0.279. The van der Waals surface area contributed by atoms with Gasteiger partial charge in [0.25, 0.3) is 0 Å². The molecule has 4 nitrogen and oxygen atoms in total. The molecule has 0 aliphatic carbocycles. The SMILES string of the molecule is CCC1CCOCOCCSSSSC(CC)(CC)CCOCOCCSS1. The summed E-state index contributed by atoms with van der Waals surface area (Å²) in [6.07, 6.45) is 5.60. The maximum atomic E-state index is 5.74. The largest absolute Gasteiger partial charge is 0.355 e. The first-order chi connectivity index (χ1) is 13.8. The summed E-state index contributed by atoms with van der Waals surface area (Å²) in [6.45, 7) is 10.6. The van der Waals surface area contributed by atoms with E-state index in [9.17, 15) is 0 Å². The van der Waals surface area contributed by atoms with Crippen LogP contribution in [0, 0.1) is 0 Å². The second-order valence-corrected chi connectivity index (χ2v) is 15.5. The van der Waals surface area contributed by atoms with Crippen molar-refractivity contribution in [2.45, 2.75) is 62.9 Å². The maximum absolute atomic E-state index is 5.74. The summed E-state index contributed by atoms with van der Waals surface area (Å²) < 4.78 is 22.9. The third-order valence-electron chi connectivity index (χ3n) is 4.48. The van der Waals surface area contributed by atoms with Crippen molar-refractivity contribution in [3.63, 3.8) is 0 Å². The topological polar surface area (TPSA) is 36.9 Å². The predicted molar refractivity (Wildman–Crippen MR) is 135 cm³/mol. The van der Waals surface area contributed by atoms with Crippen LogP contribution in [-0.2, 0) is 18.9 Å². The Morgan fingerprint density at radius 3 is 2.11 bits per heavy atom. The summed E-state index contributed by atoms with van der Waals surface area (Å²) in [4.78, 5) is 0. The van der Waals surface area contributed by atoms with E-state index in [0.717, 1.165) is 70.0 Å². The van der Waals surface area contributed by atoms with Gasteiger partial charge < -0.3 is 18.9 Å². The van der Waals surface area contributed by atoms with Gasteiger partial charge in [-0.3, -0.25) is 0 Å². The molecule has 1 atom stereocenters. The van der Waals surface area contributed by atoms with Crippen LogP contribution >= 0.6 is 62.8 Å². The average Bonchev–Trinajstić information content (AvgIpc) is 2.72. The average molecular weight is 509 g/mol. The Bertz CT molecular complexity index is 350. The van der Waals surface area contributed by atoms with Crippen LogP contribution < -0.4 is 0 Å². The highest BCUT2D eigenvalue weighted by Crippen LogP contribution is 2.52. The van der Waals surface area contributed by atoms with Gasteiger partial charge in [0, 0.05) is 21.5 Å². The zero-order valence-electron chi connectivity index (χ0n) is 17.4. The molecule has 0 aromatic heterocycles. The lowest BCUT2D eigenvalue weighted by molar-refractivity contribution is -0.0507. The molecule has 0 N–H and O–H groups in total. The molecule has 0 bridgehead atoms. The fraction of sp³-hybridized carbons (Fsp3) is 1.00. The van der Waals surface area contributed by atoms with Crippen molar-refractivity contribution < 1.29 is 18.9 Å². The van der Waals surface area contributed by atoms with Gasteiger partial charge in [-0.15, -0.1) is 0 Å². The highest BCUT2D eigenvalue weighted by Gasteiger charge is 2.27. The standard InChI is InChI=1S/C18H36O4S6/c1-4-17-7-9-19-15-22-12-14-24-27-28-26-18(5-2,6-3)8-10-20-16-21-11-13-23-25-17/h17H,4-16H2,1-3H3. The Morgan fingerprint density at radius 1 is 0.786 bits per heavy atom. The summed E-state index contributed by atoms with van der Waals surface area (Å²) in [6, 6.07) is 0. The van der Waals surface area contributed by atoms with Gasteiger partial charge in [0.2, 0.25) is 0 Å². The molecule has 1 rings (SSSR count). The Balaban J connectivity index is 2.36. The van der Waals surface area contributed by atoms with Gasteiger partial charge in [-0.2, -0.15) is 0 Å². The molecule has 0 aromatic rings. The van der Waals surface area contributed by atoms with Crippen molar-refractivity contribution >= 4 is 62.8 Å². The van der Waals surface area contributed by atoms with Gasteiger partial charge in [0.15, 0.2) is 0 Å². The highest BCUT2D eigenvalue weighted by molar-refractivity contribution is 9.26. The molecule has 1 saturated heterocycles. The van der Waals surface area contributed by atoms with Crippen molar-refractivity contribution in [2.75, 3.05) is 51.5 Å². The lowest BCUT2D eigenvalue weighted by Gasteiger charge is -2.29. The van der Waals surface area contributed by atoms with Crippen LogP contribution in [-0.4, -0.2) is 61.5 Å². The van der Waals surface area contributed by atoms with Gasteiger partial charge in [-0.1, -0.05) is 63.9 Å². The Kier molecular flexibility index (Phi) is 19.6. The lowest BCUT2D eigenvalue weighted by atomic mass is 9.99. The van der Waals surface area contributed by atoms with E-state index in [0.29, 0.717) is 18.8 Å². The molecule has 0 spiro atoms. The van der Waals surface area contributed by atoms with E-state index in [1.165, 1.54) is 0 Å². The fourth-order valence-corrected chi connectivity index (χ4v) is 12.1. The van der Waals surface area contributed by atoms with Crippen LogP contribution in [0.3, 0.4) is 0 Å². The molecular formula is C18H36O4S6. The molecule has 0 aromatic carbocycles. The smallest absolute Gasteiger partial charge is 0.146 e. The van der Waals surface area contributed by atoms with Crippen LogP contribution in [0.5, 0.6) is 0 Å². The van der Waals surface area contributed by atoms with Crippen molar-refractivity contribution in [2.24, 2.45) is 0 Å². The first kappa shape index (κ1) is 28.0. The first-order valence-electron chi connectivity index (χ1n) is 9.99. The predicted octanol–water partition coefficient (Wildman–Crippen LogP) is 7.16. The zero-order valence-corrected chi connectivity index (χ0v) is 22.3. The molecule has 0 radical (unpaired) electrons. The molecule has 1 aliphatic rings. The third-order valence-corrected chi connectivity index (χ3v) is 14.9. The molecule has 10 heteroatoms. The van der Waals surface area contributed by atoms with Crippen LogP contribution in [0.4, 0.5) is 0 Å². The Morgan fingerprint density at radius 2 is 1.43 bits per heavy atom. The monoisotopic (exact) mass is 508 g/mol. The van der Waals surface area contributed by atoms with Crippen molar-refractivity contribution in [3.8, 4) is 0 Å². The first-order valence-corrected chi connectivity index (χ1v) is 17.4. The quantitative estimate of drug-likeness (QED) is 0.366.